The molecule has 5 heterocycles. The first kappa shape index (κ1) is 30.4. The molecule has 2 amide bonds. The van der Waals surface area contributed by atoms with E-state index in [0.29, 0.717) is 33.4 Å². The van der Waals surface area contributed by atoms with Gasteiger partial charge in [-0.2, -0.15) is 9.90 Å². The zero-order valence-electron chi connectivity index (χ0n) is 25.2. The Hall–Kier alpha value is -4.66. The number of rotatable bonds is 9. The number of hydrogen-bond donors (Lipinski definition) is 3. The second kappa shape index (κ2) is 12.8. The highest BCUT2D eigenvalue weighted by Crippen LogP contribution is 2.32. The number of fused-ring (bicyclic) bond motifs is 1. The number of benzene rings is 1. The van der Waals surface area contributed by atoms with Crippen molar-refractivity contribution < 1.29 is 14.7 Å². The summed E-state index contributed by atoms with van der Waals surface area (Å²) in [6.07, 6.45) is 3.02. The lowest BCUT2D eigenvalue weighted by atomic mass is 10.0. The second-order valence-corrected chi connectivity index (χ2v) is 11.6. The predicted molar refractivity (Wildman–Crippen MR) is 168 cm³/mol. The summed E-state index contributed by atoms with van der Waals surface area (Å²) >= 11 is 6.45. The minimum absolute atomic E-state index is 0.265. The van der Waals surface area contributed by atoms with Gasteiger partial charge in [0.1, 0.15) is 11.9 Å². The monoisotopic (exact) mass is 631 g/mol. The number of carbonyl (C=O) groups is 2. The molecule has 14 nitrogen and oxygen atoms in total. The summed E-state index contributed by atoms with van der Waals surface area (Å²) in [6, 6.07) is 9.49. The van der Waals surface area contributed by atoms with Gasteiger partial charge in [0.25, 0.3) is 5.91 Å². The summed E-state index contributed by atoms with van der Waals surface area (Å²) in [7, 11) is 3.79. The molecular formula is C30H34ClN11O3. The van der Waals surface area contributed by atoms with E-state index in [-0.39, 0.29) is 30.9 Å². The van der Waals surface area contributed by atoms with Gasteiger partial charge < -0.3 is 30.4 Å². The van der Waals surface area contributed by atoms with Gasteiger partial charge in [0.15, 0.2) is 5.82 Å². The summed E-state index contributed by atoms with van der Waals surface area (Å²) in [5.41, 5.74) is 2.87. The maximum atomic E-state index is 13.6. The zero-order valence-corrected chi connectivity index (χ0v) is 25.9. The molecule has 45 heavy (non-hydrogen) atoms. The number of likely N-dealkylation sites (N-methyl/N-ethyl adjacent to an activating group) is 1. The zero-order chi connectivity index (χ0) is 31.7. The highest BCUT2D eigenvalue weighted by Gasteiger charge is 2.35. The third kappa shape index (κ3) is 6.43. The number of nitrogens with zero attached hydrogens (tertiary/aromatic N) is 9. The number of nitrogens with one attached hydrogen (secondary N) is 2. The SMILES string of the molecule is CC(C(=O)NC(CO)c1cccc(N2CCN(C)CC2)n1)N1Cc2ccc(-c3nc(Nc4cnn(C)n4)ncc3Cl)cc2C1=O. The molecule has 0 aliphatic carbocycles. The minimum atomic E-state index is -0.798. The molecule has 2 unspecified atom stereocenters. The smallest absolute Gasteiger partial charge is 0.255 e. The maximum Gasteiger partial charge on any atom is 0.255 e. The molecule has 3 aromatic heterocycles. The Balaban J connectivity index is 1.15. The minimum Gasteiger partial charge on any atom is -0.394 e. The molecule has 2 aliphatic rings. The van der Waals surface area contributed by atoms with Crippen molar-refractivity contribution in [2.45, 2.75) is 25.6 Å². The van der Waals surface area contributed by atoms with Crippen LogP contribution in [0, 0.1) is 0 Å². The fraction of sp³-hybridized carbons (Fsp3) is 0.367. The van der Waals surface area contributed by atoms with Gasteiger partial charge in [-0.25, -0.2) is 15.0 Å². The molecule has 4 aromatic rings. The molecule has 0 bridgehead atoms. The number of aryl methyl sites for hydroxylation is 1. The number of pyridine rings is 1. The maximum absolute atomic E-state index is 13.6. The van der Waals surface area contributed by atoms with Crippen LogP contribution < -0.4 is 15.5 Å². The van der Waals surface area contributed by atoms with E-state index in [1.807, 2.05) is 24.3 Å². The van der Waals surface area contributed by atoms with Gasteiger partial charge in [0, 0.05) is 50.9 Å². The van der Waals surface area contributed by atoms with Crippen molar-refractivity contribution in [3.63, 3.8) is 0 Å². The number of aliphatic hydroxyl groups is 1. The van der Waals surface area contributed by atoms with Gasteiger partial charge in [-0.1, -0.05) is 29.8 Å². The van der Waals surface area contributed by atoms with Crippen LogP contribution in [0.15, 0.2) is 48.8 Å². The number of hydrogen-bond acceptors (Lipinski definition) is 11. The Morgan fingerprint density at radius 3 is 2.62 bits per heavy atom. The number of aromatic nitrogens is 6. The topological polar surface area (TPSA) is 158 Å². The van der Waals surface area contributed by atoms with Crippen LogP contribution in [0.3, 0.4) is 0 Å². The number of carbonyl (C=O) groups excluding carboxylic acids is 2. The van der Waals surface area contributed by atoms with Gasteiger partial charge in [0.2, 0.25) is 11.9 Å². The predicted octanol–water partition coefficient (Wildman–Crippen LogP) is 2.01. The summed E-state index contributed by atoms with van der Waals surface area (Å²) in [4.78, 5) is 47.8. The fourth-order valence-electron chi connectivity index (χ4n) is 5.42. The van der Waals surface area contributed by atoms with Crippen molar-refractivity contribution in [3.8, 4) is 11.3 Å². The molecule has 3 N–H and O–H groups in total. The molecule has 1 aromatic carbocycles. The first-order valence-electron chi connectivity index (χ1n) is 14.6. The van der Waals surface area contributed by atoms with Crippen LogP contribution in [0.1, 0.15) is 34.6 Å². The largest absolute Gasteiger partial charge is 0.394 e. The molecule has 2 atom stereocenters. The van der Waals surface area contributed by atoms with Crippen molar-refractivity contribution in [2.24, 2.45) is 7.05 Å². The van der Waals surface area contributed by atoms with Crippen molar-refractivity contribution in [1.82, 2.24) is 45.1 Å². The number of anilines is 3. The van der Waals surface area contributed by atoms with E-state index in [9.17, 15) is 14.7 Å². The van der Waals surface area contributed by atoms with Gasteiger partial charge in [-0.15, -0.1) is 5.10 Å². The van der Waals surface area contributed by atoms with Crippen LogP contribution in [0.2, 0.25) is 5.02 Å². The average Bonchev–Trinajstić information content (AvgIpc) is 3.61. The average molecular weight is 632 g/mol. The van der Waals surface area contributed by atoms with E-state index in [4.69, 9.17) is 16.6 Å². The van der Waals surface area contributed by atoms with E-state index in [2.05, 4.69) is 47.6 Å². The Labute approximate surface area is 265 Å². The lowest BCUT2D eigenvalue weighted by molar-refractivity contribution is -0.126. The second-order valence-electron chi connectivity index (χ2n) is 11.2. The van der Waals surface area contributed by atoms with Crippen molar-refractivity contribution in [3.05, 3.63) is 70.6 Å². The molecule has 2 aliphatic heterocycles. The van der Waals surface area contributed by atoms with Gasteiger partial charge in [-0.3, -0.25) is 9.59 Å². The molecule has 6 rings (SSSR count). The van der Waals surface area contributed by atoms with Crippen LogP contribution in [-0.4, -0.2) is 103 Å². The highest BCUT2D eigenvalue weighted by atomic mass is 35.5. The summed E-state index contributed by atoms with van der Waals surface area (Å²) in [6.45, 7) is 5.18. The molecule has 0 radical (unpaired) electrons. The van der Waals surface area contributed by atoms with E-state index in [0.717, 1.165) is 37.6 Å². The van der Waals surface area contributed by atoms with Crippen LogP contribution in [-0.2, 0) is 18.4 Å². The Kier molecular flexibility index (Phi) is 8.61. The summed E-state index contributed by atoms with van der Waals surface area (Å²) in [5, 5.41) is 24.6. The standard InChI is InChI=1S/C30H34ClN11O3/c1-18(28(44)35-24(17-43)23-5-4-6-26(34-23)41-11-9-39(2)10-12-41)42-16-20-8-7-19(13-21(20)29(42)45)27-22(31)14-32-30(37-27)36-25-15-33-40(3)38-25/h4-8,13-15,18,24,43H,9-12,16-17H2,1-3H3,(H,35,44)(H,32,36,37,38). The van der Waals surface area contributed by atoms with E-state index in [1.165, 1.54) is 15.9 Å². The molecule has 234 valence electrons. The first-order chi connectivity index (χ1) is 21.7. The number of aliphatic hydroxyl groups excluding tert-OH is 1. The van der Waals surface area contributed by atoms with E-state index in [1.54, 1.807) is 32.3 Å². The molecular weight excluding hydrogens is 598 g/mol. The lowest BCUT2D eigenvalue weighted by Gasteiger charge is -2.33. The number of halogens is 1. The van der Waals surface area contributed by atoms with Gasteiger partial charge in [-0.05, 0) is 37.7 Å². The van der Waals surface area contributed by atoms with Crippen molar-refractivity contribution >= 4 is 41.0 Å². The van der Waals surface area contributed by atoms with Gasteiger partial charge >= 0.3 is 0 Å². The fourth-order valence-corrected chi connectivity index (χ4v) is 5.62. The van der Waals surface area contributed by atoms with Crippen LogP contribution in [0.4, 0.5) is 17.6 Å². The third-order valence-corrected chi connectivity index (χ3v) is 8.36. The first-order valence-corrected chi connectivity index (χ1v) is 15.0. The Morgan fingerprint density at radius 1 is 1.09 bits per heavy atom. The lowest BCUT2D eigenvalue weighted by Crippen LogP contribution is -2.47. The van der Waals surface area contributed by atoms with Crippen LogP contribution in [0.25, 0.3) is 11.3 Å². The summed E-state index contributed by atoms with van der Waals surface area (Å²) < 4.78 is 0. The third-order valence-electron chi connectivity index (χ3n) is 8.09. The van der Waals surface area contributed by atoms with Crippen molar-refractivity contribution in [2.75, 3.05) is 50.1 Å². The Bertz CT molecular complexity index is 1720. The molecule has 1 saturated heterocycles. The Morgan fingerprint density at radius 2 is 1.89 bits per heavy atom. The van der Waals surface area contributed by atoms with Crippen LogP contribution in [0.5, 0.6) is 0 Å². The van der Waals surface area contributed by atoms with Crippen LogP contribution >= 0.6 is 11.6 Å². The molecule has 0 spiro atoms. The number of amides is 2. The van der Waals surface area contributed by atoms with E-state index < -0.39 is 12.1 Å². The quantitative estimate of drug-likeness (QED) is 0.248. The highest BCUT2D eigenvalue weighted by molar-refractivity contribution is 6.33. The summed E-state index contributed by atoms with van der Waals surface area (Å²) in [5.74, 6) is 0.882. The van der Waals surface area contributed by atoms with Gasteiger partial charge in [0.05, 0.1) is 41.5 Å². The van der Waals surface area contributed by atoms with Crippen molar-refractivity contribution in [1.29, 1.82) is 0 Å². The van der Waals surface area contributed by atoms with E-state index >= 15 is 0 Å². The molecule has 0 saturated carbocycles. The normalized spacial score (nSPS) is 16.4. The molecule has 15 heteroatoms. The number of piperazine rings is 1. The molecule has 1 fully saturated rings.